The summed E-state index contributed by atoms with van der Waals surface area (Å²) in [6.45, 7) is 0. The van der Waals surface area contributed by atoms with Gasteiger partial charge in [-0.05, 0) is 150 Å². The molecule has 0 N–H and O–H groups in total. The highest BCUT2D eigenvalue weighted by molar-refractivity contribution is 6.05. The van der Waals surface area contributed by atoms with Crippen molar-refractivity contribution in [2.24, 2.45) is 0 Å². The van der Waals surface area contributed by atoms with Gasteiger partial charge in [-0.15, -0.1) is 0 Å². The smallest absolute Gasteiger partial charge is 0.0714 e. The van der Waals surface area contributed by atoms with E-state index >= 15 is 0 Å². The molecule has 13 aromatic carbocycles. The Morgan fingerprint density at radius 2 is 0.734 bits per heavy atom. The molecule has 0 heterocycles. The lowest BCUT2D eigenvalue weighted by Crippen LogP contribution is -2.28. The van der Waals surface area contributed by atoms with E-state index in [9.17, 15) is 0 Å². The maximum absolute atomic E-state index is 2.52. The monoisotopic (exact) mass is 1010 g/mol. The normalized spacial score (nSPS) is 12.2. The van der Waals surface area contributed by atoms with Crippen molar-refractivity contribution in [2.45, 2.75) is 5.41 Å². The first-order chi connectivity index (χ1) is 39.2. The van der Waals surface area contributed by atoms with Crippen molar-refractivity contribution in [3.8, 4) is 55.6 Å². The summed E-state index contributed by atoms with van der Waals surface area (Å²) >= 11 is 0. The van der Waals surface area contributed by atoms with E-state index in [1.54, 1.807) is 0 Å². The number of rotatable bonds is 12. The standard InChI is InChI=1S/C77H54N2/c1-8-26-55(27-9-1)59-45-49-73-72(52-59)71-48-46-65(54-74(71)77(73,61-33-14-4-15-34-61)62-35-16-5-17-36-62)79(75-43-25-24-41-68(75)56-28-10-2-11-29-56)67-51-60(50-66(53-67)78(63-37-18-6-19-38-63)64-39-20-7-21-40-64)70-47-44-57-30-22-23-42-69(57)76(70)58-31-12-3-13-32-58/h1-54H. The predicted octanol–water partition coefficient (Wildman–Crippen LogP) is 20.8. The molecule has 0 fully saturated rings. The SMILES string of the molecule is c1ccc(-c2ccc3c(c2)-c2ccc(N(c4cc(-c5ccc6ccccc6c5-c5ccccc5)cc(N(c5ccccc5)c5ccccc5)c4)c4ccccc4-c4ccccc4)cc2C3(c2ccccc2)c2ccccc2)cc1. The summed E-state index contributed by atoms with van der Waals surface area (Å²) in [6, 6.07) is 120. The lowest BCUT2D eigenvalue weighted by Gasteiger charge is -2.35. The Hall–Kier alpha value is -10.3. The third kappa shape index (κ3) is 8.39. The van der Waals surface area contributed by atoms with Crippen molar-refractivity contribution < 1.29 is 0 Å². The number of benzene rings is 13. The van der Waals surface area contributed by atoms with Gasteiger partial charge in [0.2, 0.25) is 0 Å². The number of hydrogen-bond acceptors (Lipinski definition) is 2. The van der Waals surface area contributed by atoms with Gasteiger partial charge in [0.25, 0.3) is 0 Å². The Balaban J connectivity index is 1.09. The van der Waals surface area contributed by atoms with Gasteiger partial charge in [0.05, 0.1) is 11.1 Å². The lowest BCUT2D eigenvalue weighted by molar-refractivity contribution is 0.768. The van der Waals surface area contributed by atoms with Crippen LogP contribution < -0.4 is 9.80 Å². The highest BCUT2D eigenvalue weighted by atomic mass is 15.2. The molecule has 0 radical (unpaired) electrons. The molecule has 0 aromatic heterocycles. The van der Waals surface area contributed by atoms with Gasteiger partial charge in [0, 0.05) is 34.0 Å². The fraction of sp³-hybridized carbons (Fsp3) is 0.0130. The van der Waals surface area contributed by atoms with Gasteiger partial charge in [-0.2, -0.15) is 0 Å². The van der Waals surface area contributed by atoms with Crippen LogP contribution >= 0.6 is 0 Å². The van der Waals surface area contributed by atoms with Crippen molar-refractivity contribution in [1.29, 1.82) is 0 Å². The fourth-order valence-electron chi connectivity index (χ4n) is 12.4. The summed E-state index contributed by atoms with van der Waals surface area (Å²) in [5.74, 6) is 0. The van der Waals surface area contributed by atoms with Gasteiger partial charge >= 0.3 is 0 Å². The summed E-state index contributed by atoms with van der Waals surface area (Å²) in [4.78, 5) is 4.92. The van der Waals surface area contributed by atoms with Crippen molar-refractivity contribution in [3.05, 3.63) is 350 Å². The number of nitrogens with zero attached hydrogens (tertiary/aromatic N) is 2. The Kier molecular flexibility index (Phi) is 12.2. The van der Waals surface area contributed by atoms with Crippen LogP contribution in [0.4, 0.5) is 34.1 Å². The lowest BCUT2D eigenvalue weighted by atomic mass is 9.67. The Morgan fingerprint density at radius 3 is 1.37 bits per heavy atom. The third-order valence-electron chi connectivity index (χ3n) is 15.9. The van der Waals surface area contributed by atoms with Gasteiger partial charge in [0.15, 0.2) is 0 Å². The van der Waals surface area contributed by atoms with Crippen LogP contribution in [0, 0.1) is 0 Å². The average Bonchev–Trinajstić information content (AvgIpc) is 4.07. The topological polar surface area (TPSA) is 6.48 Å². The van der Waals surface area contributed by atoms with Crippen LogP contribution in [0.3, 0.4) is 0 Å². The molecule has 0 saturated heterocycles. The summed E-state index contributed by atoms with van der Waals surface area (Å²) in [5, 5.41) is 2.41. The molecule has 0 saturated carbocycles. The second-order valence-electron chi connectivity index (χ2n) is 20.4. The van der Waals surface area contributed by atoms with Gasteiger partial charge in [-0.1, -0.05) is 261 Å². The molecule has 0 amide bonds. The van der Waals surface area contributed by atoms with Gasteiger partial charge in [-0.3, -0.25) is 0 Å². The molecule has 0 atom stereocenters. The van der Waals surface area contributed by atoms with Crippen molar-refractivity contribution in [2.75, 3.05) is 9.80 Å². The van der Waals surface area contributed by atoms with E-state index in [2.05, 4.69) is 337 Å². The van der Waals surface area contributed by atoms with Crippen LogP contribution in [-0.4, -0.2) is 0 Å². The maximum Gasteiger partial charge on any atom is 0.0714 e. The first-order valence-corrected chi connectivity index (χ1v) is 27.2. The third-order valence-corrected chi connectivity index (χ3v) is 15.9. The largest absolute Gasteiger partial charge is 0.310 e. The molecule has 0 unspecified atom stereocenters. The van der Waals surface area contributed by atoms with E-state index in [1.807, 2.05) is 0 Å². The van der Waals surface area contributed by atoms with E-state index in [1.165, 1.54) is 66.4 Å². The minimum atomic E-state index is -0.650. The second-order valence-corrected chi connectivity index (χ2v) is 20.4. The number of anilines is 6. The van der Waals surface area contributed by atoms with E-state index < -0.39 is 5.41 Å². The van der Waals surface area contributed by atoms with E-state index in [0.29, 0.717) is 0 Å². The van der Waals surface area contributed by atoms with Crippen LogP contribution in [0.2, 0.25) is 0 Å². The molecular weight excluding hydrogens is 953 g/mol. The van der Waals surface area contributed by atoms with Crippen LogP contribution in [0.1, 0.15) is 22.3 Å². The molecule has 2 heteroatoms. The Bertz CT molecular complexity index is 4200. The highest BCUT2D eigenvalue weighted by Crippen LogP contribution is 2.58. The van der Waals surface area contributed by atoms with Crippen LogP contribution in [-0.2, 0) is 5.41 Å². The minimum absolute atomic E-state index is 0.650. The predicted molar refractivity (Wildman–Crippen MR) is 332 cm³/mol. The summed E-state index contributed by atoms with van der Waals surface area (Å²) < 4.78 is 0. The van der Waals surface area contributed by atoms with E-state index in [-0.39, 0.29) is 0 Å². The molecule has 1 aliphatic rings. The molecule has 0 aliphatic heterocycles. The quantitative estimate of drug-likeness (QED) is 0.120. The number of para-hydroxylation sites is 3. The maximum atomic E-state index is 2.52. The average molecular weight is 1010 g/mol. The van der Waals surface area contributed by atoms with Crippen molar-refractivity contribution in [1.82, 2.24) is 0 Å². The second kappa shape index (κ2) is 20.3. The fourth-order valence-corrected chi connectivity index (χ4v) is 12.4. The molecule has 2 nitrogen and oxygen atoms in total. The molecule has 1 aliphatic carbocycles. The first-order valence-electron chi connectivity index (χ1n) is 27.2. The summed E-state index contributed by atoms with van der Waals surface area (Å²) in [6.07, 6.45) is 0. The molecule has 13 aromatic rings. The van der Waals surface area contributed by atoms with Crippen molar-refractivity contribution in [3.63, 3.8) is 0 Å². The van der Waals surface area contributed by atoms with E-state index in [0.717, 1.165) is 56.4 Å². The first kappa shape index (κ1) is 47.2. The Labute approximate surface area is 463 Å². The zero-order valence-electron chi connectivity index (χ0n) is 43.6. The zero-order valence-corrected chi connectivity index (χ0v) is 43.6. The molecule has 79 heavy (non-hydrogen) atoms. The van der Waals surface area contributed by atoms with E-state index in [4.69, 9.17) is 0 Å². The molecule has 372 valence electrons. The molecule has 0 spiro atoms. The van der Waals surface area contributed by atoms with Gasteiger partial charge in [-0.25, -0.2) is 0 Å². The van der Waals surface area contributed by atoms with Crippen molar-refractivity contribution >= 4 is 44.9 Å². The summed E-state index contributed by atoms with van der Waals surface area (Å²) in [7, 11) is 0. The zero-order chi connectivity index (χ0) is 52.5. The molecular formula is C77H54N2. The van der Waals surface area contributed by atoms with Gasteiger partial charge in [0.1, 0.15) is 0 Å². The van der Waals surface area contributed by atoms with Crippen LogP contribution in [0.5, 0.6) is 0 Å². The minimum Gasteiger partial charge on any atom is -0.310 e. The van der Waals surface area contributed by atoms with Crippen LogP contribution in [0.15, 0.2) is 328 Å². The summed E-state index contributed by atoms with van der Waals surface area (Å²) in [5.41, 5.74) is 22.3. The Morgan fingerprint density at radius 1 is 0.228 bits per heavy atom. The van der Waals surface area contributed by atoms with Crippen LogP contribution in [0.25, 0.3) is 66.4 Å². The molecule has 0 bridgehead atoms. The number of fused-ring (bicyclic) bond motifs is 4. The molecule has 14 rings (SSSR count). The number of hydrogen-bond donors (Lipinski definition) is 0. The highest BCUT2D eigenvalue weighted by Gasteiger charge is 2.46. The van der Waals surface area contributed by atoms with Gasteiger partial charge < -0.3 is 9.80 Å².